The Kier molecular flexibility index (Phi) is 7.52. The van der Waals surface area contributed by atoms with E-state index in [2.05, 4.69) is 36.8 Å². The van der Waals surface area contributed by atoms with Crippen LogP contribution in [0.25, 0.3) is 0 Å². The van der Waals surface area contributed by atoms with Gasteiger partial charge in [0, 0.05) is 5.25 Å². The average molecular weight is 296 g/mol. The molecule has 0 saturated carbocycles. The third kappa shape index (κ3) is 6.33. The molecule has 1 aromatic rings. The van der Waals surface area contributed by atoms with Crippen molar-refractivity contribution < 1.29 is 14.3 Å². The van der Waals surface area contributed by atoms with E-state index in [1.165, 1.54) is 18.2 Å². The number of thioether (sulfide) groups is 1. The Hall–Kier alpha value is -1.16. The predicted octanol–water partition coefficient (Wildman–Crippen LogP) is 3.76. The first-order valence-electron chi connectivity index (χ1n) is 6.91. The van der Waals surface area contributed by atoms with E-state index in [9.17, 15) is 4.79 Å². The zero-order valence-corrected chi connectivity index (χ0v) is 13.6. The highest BCUT2D eigenvalue weighted by Crippen LogP contribution is 2.20. The first kappa shape index (κ1) is 16.9. The van der Waals surface area contributed by atoms with Gasteiger partial charge in [0.25, 0.3) is 0 Å². The van der Waals surface area contributed by atoms with E-state index in [0.717, 1.165) is 17.9 Å². The minimum atomic E-state index is -0.142. The van der Waals surface area contributed by atoms with Gasteiger partial charge in [0.2, 0.25) is 0 Å². The van der Waals surface area contributed by atoms with Crippen molar-refractivity contribution in [3.63, 3.8) is 0 Å². The van der Waals surface area contributed by atoms with E-state index in [1.54, 1.807) is 11.8 Å². The summed E-state index contributed by atoms with van der Waals surface area (Å²) in [6.45, 7) is 6.88. The average Bonchev–Trinajstić information content (AvgIpc) is 2.42. The van der Waals surface area contributed by atoms with Crippen molar-refractivity contribution in [3.8, 4) is 5.75 Å². The van der Waals surface area contributed by atoms with Crippen LogP contribution in [0.5, 0.6) is 5.75 Å². The number of hydrogen-bond acceptors (Lipinski definition) is 4. The van der Waals surface area contributed by atoms with Gasteiger partial charge in [-0.2, -0.15) is 11.8 Å². The summed E-state index contributed by atoms with van der Waals surface area (Å²) >= 11 is 1.78. The van der Waals surface area contributed by atoms with Crippen LogP contribution < -0.4 is 4.74 Å². The fourth-order valence-corrected chi connectivity index (χ4v) is 2.71. The number of benzene rings is 1. The Morgan fingerprint density at radius 3 is 2.80 bits per heavy atom. The van der Waals surface area contributed by atoms with Crippen LogP contribution >= 0.6 is 11.8 Å². The monoisotopic (exact) mass is 296 g/mol. The zero-order valence-electron chi connectivity index (χ0n) is 12.8. The van der Waals surface area contributed by atoms with Crippen molar-refractivity contribution >= 4 is 17.7 Å². The number of hydrogen-bond donors (Lipinski definition) is 0. The van der Waals surface area contributed by atoms with E-state index in [1.807, 2.05) is 6.92 Å². The number of methoxy groups -OCH3 is 1. The molecule has 20 heavy (non-hydrogen) atoms. The van der Waals surface area contributed by atoms with Crippen molar-refractivity contribution in [1.82, 2.24) is 0 Å². The number of carbonyl (C=O) groups excluding carboxylic acids is 1. The van der Waals surface area contributed by atoms with Crippen LogP contribution in [-0.2, 0) is 9.53 Å². The Morgan fingerprint density at radius 1 is 1.35 bits per heavy atom. The number of ether oxygens (including phenoxy) is 2. The maximum absolute atomic E-state index is 11.1. The largest absolute Gasteiger partial charge is 0.493 e. The lowest BCUT2D eigenvalue weighted by molar-refractivity contribution is -0.140. The molecular weight excluding hydrogens is 272 g/mol. The van der Waals surface area contributed by atoms with Gasteiger partial charge in [0.15, 0.2) is 0 Å². The topological polar surface area (TPSA) is 35.5 Å². The standard InChI is InChI=1S/C16H24O3S/c1-12-6-7-13(2)15(10-12)19-8-5-9-20-14(3)11-16(17)18-4/h6-7,10,14H,5,8-9,11H2,1-4H3. The highest BCUT2D eigenvalue weighted by atomic mass is 32.2. The summed E-state index contributed by atoms with van der Waals surface area (Å²) < 4.78 is 10.5. The Bertz CT molecular complexity index is 432. The molecule has 1 rings (SSSR count). The summed E-state index contributed by atoms with van der Waals surface area (Å²) in [6.07, 6.45) is 1.45. The summed E-state index contributed by atoms with van der Waals surface area (Å²) in [5.41, 5.74) is 2.38. The van der Waals surface area contributed by atoms with Crippen LogP contribution in [0, 0.1) is 13.8 Å². The summed E-state index contributed by atoms with van der Waals surface area (Å²) in [6, 6.07) is 6.24. The number of esters is 1. The summed E-state index contributed by atoms with van der Waals surface area (Å²) in [7, 11) is 1.43. The fraction of sp³-hybridized carbons (Fsp3) is 0.562. The van der Waals surface area contributed by atoms with E-state index in [4.69, 9.17) is 4.74 Å². The molecule has 0 aromatic heterocycles. The Labute approximate surface area is 126 Å². The molecule has 1 unspecified atom stereocenters. The normalized spacial score (nSPS) is 12.0. The molecule has 0 aliphatic carbocycles. The molecule has 4 heteroatoms. The van der Waals surface area contributed by atoms with Crippen LogP contribution in [-0.4, -0.2) is 30.7 Å². The molecule has 0 N–H and O–H groups in total. The first-order chi connectivity index (χ1) is 9.52. The molecule has 1 atom stereocenters. The second-order valence-electron chi connectivity index (χ2n) is 4.93. The lowest BCUT2D eigenvalue weighted by atomic mass is 10.1. The third-order valence-electron chi connectivity index (χ3n) is 2.97. The van der Waals surface area contributed by atoms with Crippen molar-refractivity contribution in [2.45, 2.75) is 38.9 Å². The molecule has 0 bridgehead atoms. The van der Waals surface area contributed by atoms with E-state index in [-0.39, 0.29) is 5.97 Å². The van der Waals surface area contributed by atoms with Crippen molar-refractivity contribution in [1.29, 1.82) is 0 Å². The zero-order chi connectivity index (χ0) is 15.0. The lowest BCUT2D eigenvalue weighted by Crippen LogP contribution is -2.09. The van der Waals surface area contributed by atoms with E-state index >= 15 is 0 Å². The fourth-order valence-electron chi connectivity index (χ4n) is 1.77. The van der Waals surface area contributed by atoms with Gasteiger partial charge in [-0.05, 0) is 43.2 Å². The molecule has 0 saturated heterocycles. The van der Waals surface area contributed by atoms with Gasteiger partial charge >= 0.3 is 5.97 Å². The first-order valence-corrected chi connectivity index (χ1v) is 7.96. The SMILES string of the molecule is COC(=O)CC(C)SCCCOc1cc(C)ccc1C. The number of carbonyl (C=O) groups is 1. The van der Waals surface area contributed by atoms with Crippen LogP contribution in [0.2, 0.25) is 0 Å². The van der Waals surface area contributed by atoms with Gasteiger partial charge in [-0.25, -0.2) is 0 Å². The van der Waals surface area contributed by atoms with Gasteiger partial charge in [-0.15, -0.1) is 0 Å². The lowest BCUT2D eigenvalue weighted by Gasteiger charge is -2.11. The Balaban J connectivity index is 2.19. The van der Waals surface area contributed by atoms with Gasteiger partial charge in [0.05, 0.1) is 20.1 Å². The molecule has 0 amide bonds. The minimum absolute atomic E-state index is 0.142. The molecule has 0 spiro atoms. The van der Waals surface area contributed by atoms with Crippen LogP contribution in [0.15, 0.2) is 18.2 Å². The molecule has 0 radical (unpaired) electrons. The summed E-state index contributed by atoms with van der Waals surface area (Å²) in [4.78, 5) is 11.1. The van der Waals surface area contributed by atoms with Crippen LogP contribution in [0.4, 0.5) is 0 Å². The molecule has 0 aliphatic rings. The second-order valence-corrected chi connectivity index (χ2v) is 6.48. The quantitative estimate of drug-likeness (QED) is 0.540. The molecule has 0 fully saturated rings. The number of rotatable bonds is 8. The van der Waals surface area contributed by atoms with Crippen molar-refractivity contribution in [2.75, 3.05) is 19.5 Å². The van der Waals surface area contributed by atoms with E-state index in [0.29, 0.717) is 18.3 Å². The predicted molar refractivity (Wildman–Crippen MR) is 84.6 cm³/mol. The van der Waals surface area contributed by atoms with Gasteiger partial charge in [0.1, 0.15) is 5.75 Å². The molecule has 0 aliphatic heterocycles. The molecule has 0 heterocycles. The van der Waals surface area contributed by atoms with Gasteiger partial charge in [-0.3, -0.25) is 4.79 Å². The second kappa shape index (κ2) is 8.90. The van der Waals surface area contributed by atoms with Crippen molar-refractivity contribution in [2.24, 2.45) is 0 Å². The third-order valence-corrected chi connectivity index (χ3v) is 4.23. The molecule has 112 valence electrons. The maximum atomic E-state index is 11.1. The molecule has 1 aromatic carbocycles. The molecule has 3 nitrogen and oxygen atoms in total. The number of aryl methyl sites for hydroxylation is 2. The Morgan fingerprint density at radius 2 is 2.10 bits per heavy atom. The van der Waals surface area contributed by atoms with Gasteiger partial charge < -0.3 is 9.47 Å². The maximum Gasteiger partial charge on any atom is 0.306 e. The van der Waals surface area contributed by atoms with Crippen molar-refractivity contribution in [3.05, 3.63) is 29.3 Å². The van der Waals surface area contributed by atoms with E-state index < -0.39 is 0 Å². The highest BCUT2D eigenvalue weighted by Gasteiger charge is 2.09. The summed E-state index contributed by atoms with van der Waals surface area (Å²) in [5, 5.41) is 0.295. The van der Waals surface area contributed by atoms with Crippen LogP contribution in [0.3, 0.4) is 0 Å². The molecular formula is C16H24O3S. The minimum Gasteiger partial charge on any atom is -0.493 e. The van der Waals surface area contributed by atoms with Gasteiger partial charge in [-0.1, -0.05) is 19.1 Å². The highest BCUT2D eigenvalue weighted by molar-refractivity contribution is 7.99. The van der Waals surface area contributed by atoms with Crippen LogP contribution in [0.1, 0.15) is 30.9 Å². The summed E-state index contributed by atoms with van der Waals surface area (Å²) in [5.74, 6) is 1.82. The smallest absolute Gasteiger partial charge is 0.306 e.